The van der Waals surface area contributed by atoms with Crippen LogP contribution in [0, 0.1) is 0 Å². The van der Waals surface area contributed by atoms with E-state index in [4.69, 9.17) is 10.5 Å². The van der Waals surface area contributed by atoms with Crippen molar-refractivity contribution in [1.29, 1.82) is 0 Å². The number of benzene rings is 3. The van der Waals surface area contributed by atoms with E-state index in [2.05, 4.69) is 10.2 Å². The van der Waals surface area contributed by atoms with Crippen LogP contribution < -0.4 is 10.5 Å². The summed E-state index contributed by atoms with van der Waals surface area (Å²) in [5, 5.41) is 17.8. The van der Waals surface area contributed by atoms with E-state index in [9.17, 15) is 9.90 Å². The maximum atomic E-state index is 11.6. The summed E-state index contributed by atoms with van der Waals surface area (Å²) in [5.41, 5.74) is 8.61. The fraction of sp³-hybridized carbons (Fsp3) is 0.0870. The van der Waals surface area contributed by atoms with Gasteiger partial charge in [0.25, 0.3) is 0 Å². The zero-order valence-electron chi connectivity index (χ0n) is 16.1. The Morgan fingerprint density at radius 3 is 2.33 bits per heavy atom. The predicted octanol–water partition coefficient (Wildman–Crippen LogP) is 4.55. The van der Waals surface area contributed by atoms with Crippen LogP contribution in [0.3, 0.4) is 0 Å². The number of hydrogen-bond donors (Lipinski definition) is 2. The molecule has 3 aromatic rings. The van der Waals surface area contributed by atoms with Crippen molar-refractivity contribution in [2.45, 2.75) is 12.4 Å². The molecule has 152 valence electrons. The van der Waals surface area contributed by atoms with Gasteiger partial charge in [-0.25, -0.2) is 4.79 Å². The average Bonchev–Trinajstić information content (AvgIpc) is 2.78. The predicted molar refractivity (Wildman–Crippen MR) is 121 cm³/mol. The maximum absolute atomic E-state index is 11.6. The topological polar surface area (TPSA) is 97.3 Å². The van der Waals surface area contributed by atoms with Crippen molar-refractivity contribution < 1.29 is 14.6 Å². The van der Waals surface area contributed by atoms with Crippen LogP contribution in [0.1, 0.15) is 27.0 Å². The van der Waals surface area contributed by atoms with Gasteiger partial charge in [-0.15, -0.1) is 5.10 Å². The first-order chi connectivity index (χ1) is 14.6. The summed E-state index contributed by atoms with van der Waals surface area (Å²) in [6, 6.07) is 24.3. The van der Waals surface area contributed by atoms with E-state index >= 15 is 0 Å². The Labute approximate surface area is 179 Å². The van der Waals surface area contributed by atoms with Crippen molar-refractivity contribution in [1.82, 2.24) is 0 Å². The molecule has 0 heterocycles. The number of nitrogens with zero attached hydrogens (tertiary/aromatic N) is 2. The summed E-state index contributed by atoms with van der Waals surface area (Å²) in [6.45, 7) is 0.286. The molecule has 0 radical (unpaired) electrons. The van der Waals surface area contributed by atoms with Crippen LogP contribution in [0.15, 0.2) is 89.1 Å². The van der Waals surface area contributed by atoms with Crippen molar-refractivity contribution in [3.63, 3.8) is 0 Å². The van der Waals surface area contributed by atoms with Gasteiger partial charge in [-0.1, -0.05) is 72.4 Å². The summed E-state index contributed by atoms with van der Waals surface area (Å²) in [5.74, 6) is -0.0813. The van der Waals surface area contributed by atoms with Crippen LogP contribution in [0.5, 0.6) is 5.75 Å². The second kappa shape index (κ2) is 10.8. The first kappa shape index (κ1) is 21.1. The van der Waals surface area contributed by atoms with Crippen molar-refractivity contribution in [3.8, 4) is 5.75 Å². The third-order valence-corrected chi connectivity index (χ3v) is 4.92. The van der Waals surface area contributed by atoms with E-state index in [0.29, 0.717) is 22.2 Å². The van der Waals surface area contributed by atoms with Gasteiger partial charge in [0.05, 0.1) is 6.21 Å². The lowest BCUT2D eigenvalue weighted by Gasteiger charge is -2.09. The number of amidine groups is 1. The highest BCUT2D eigenvalue weighted by molar-refractivity contribution is 8.13. The summed E-state index contributed by atoms with van der Waals surface area (Å²) >= 11 is 1.38. The fourth-order valence-electron chi connectivity index (χ4n) is 2.57. The molecule has 6 nitrogen and oxygen atoms in total. The van der Waals surface area contributed by atoms with Crippen LogP contribution >= 0.6 is 11.8 Å². The average molecular weight is 420 g/mol. The van der Waals surface area contributed by atoms with Crippen LogP contribution in [0.2, 0.25) is 0 Å². The number of ether oxygens (including phenoxy) is 1. The summed E-state index contributed by atoms with van der Waals surface area (Å²) in [6.07, 6.45) is 1.46. The molecule has 0 atom stereocenters. The van der Waals surface area contributed by atoms with Crippen molar-refractivity contribution in [2.75, 3.05) is 0 Å². The lowest BCUT2D eigenvalue weighted by atomic mass is 10.1. The Morgan fingerprint density at radius 1 is 1.00 bits per heavy atom. The number of nitrogens with two attached hydrogens (primary N) is 1. The number of carboxylic acids is 1. The first-order valence-corrected chi connectivity index (χ1v) is 10.2. The molecular weight excluding hydrogens is 398 g/mol. The van der Waals surface area contributed by atoms with E-state index < -0.39 is 5.97 Å². The molecule has 7 heteroatoms. The van der Waals surface area contributed by atoms with E-state index in [1.807, 2.05) is 60.7 Å². The van der Waals surface area contributed by atoms with E-state index in [-0.39, 0.29) is 12.2 Å². The molecule has 0 saturated heterocycles. The molecule has 0 amide bonds. The highest BCUT2D eigenvalue weighted by Crippen LogP contribution is 2.21. The molecule has 0 bridgehead atoms. The van der Waals surface area contributed by atoms with Crippen molar-refractivity contribution in [2.24, 2.45) is 15.9 Å². The minimum Gasteiger partial charge on any atom is -0.488 e. The van der Waals surface area contributed by atoms with Gasteiger partial charge in [-0.05, 0) is 34.9 Å². The molecule has 0 saturated carbocycles. The molecule has 0 fully saturated rings. The fourth-order valence-corrected chi connectivity index (χ4v) is 3.18. The SMILES string of the molecule is NC(=NN=Cc1ccc(OCc2ccccc2)c(C(=O)O)c1)SCc1ccccc1. The Hall–Kier alpha value is -3.58. The number of hydrogen-bond acceptors (Lipinski definition) is 5. The molecule has 3 N–H and O–H groups in total. The third kappa shape index (κ3) is 6.49. The van der Waals surface area contributed by atoms with Crippen molar-refractivity contribution >= 4 is 29.1 Å². The number of carbonyl (C=O) groups is 1. The molecule has 3 rings (SSSR count). The molecule has 0 unspecified atom stereocenters. The highest BCUT2D eigenvalue weighted by atomic mass is 32.2. The smallest absolute Gasteiger partial charge is 0.339 e. The van der Waals surface area contributed by atoms with Gasteiger partial charge in [0.15, 0.2) is 5.17 Å². The third-order valence-electron chi connectivity index (χ3n) is 4.06. The van der Waals surface area contributed by atoms with Gasteiger partial charge >= 0.3 is 5.97 Å². The molecule has 0 spiro atoms. The molecule has 3 aromatic carbocycles. The number of carboxylic acid groups (broad SMARTS) is 1. The minimum atomic E-state index is -1.07. The number of thioether (sulfide) groups is 1. The number of aromatic carboxylic acids is 1. The summed E-state index contributed by atoms with van der Waals surface area (Å²) in [7, 11) is 0. The molecule has 30 heavy (non-hydrogen) atoms. The van der Waals surface area contributed by atoms with E-state index in [1.54, 1.807) is 12.1 Å². The second-order valence-corrected chi connectivity index (χ2v) is 7.29. The van der Waals surface area contributed by atoms with Crippen molar-refractivity contribution in [3.05, 3.63) is 101 Å². The Balaban J connectivity index is 1.62. The molecule has 0 aliphatic rings. The quantitative estimate of drug-likeness (QED) is 0.317. The normalized spacial score (nSPS) is 11.5. The van der Waals surface area contributed by atoms with Gasteiger partial charge in [-0.2, -0.15) is 5.10 Å². The van der Waals surface area contributed by atoms with Gasteiger partial charge < -0.3 is 15.6 Å². The van der Waals surface area contributed by atoms with Gasteiger partial charge in [0.2, 0.25) is 0 Å². The maximum Gasteiger partial charge on any atom is 0.339 e. The van der Waals surface area contributed by atoms with Crippen LogP contribution in [0.4, 0.5) is 0 Å². The largest absolute Gasteiger partial charge is 0.488 e. The molecule has 0 aliphatic heterocycles. The van der Waals surface area contributed by atoms with Gasteiger partial charge in [0, 0.05) is 5.75 Å². The van der Waals surface area contributed by atoms with Crippen LogP contribution in [0.25, 0.3) is 0 Å². The molecular formula is C23H21N3O3S. The van der Waals surface area contributed by atoms with Crippen LogP contribution in [-0.4, -0.2) is 22.5 Å². The van der Waals surface area contributed by atoms with E-state index in [0.717, 1.165) is 11.1 Å². The van der Waals surface area contributed by atoms with Gasteiger partial charge in [-0.3, -0.25) is 0 Å². The van der Waals surface area contributed by atoms with Gasteiger partial charge in [0.1, 0.15) is 17.9 Å². The molecule has 0 aromatic heterocycles. The zero-order valence-corrected chi connectivity index (χ0v) is 17.0. The van der Waals surface area contributed by atoms with Crippen LogP contribution in [-0.2, 0) is 12.4 Å². The Bertz CT molecular complexity index is 1040. The zero-order chi connectivity index (χ0) is 21.2. The summed E-state index contributed by atoms with van der Waals surface area (Å²) < 4.78 is 5.68. The number of rotatable bonds is 8. The Morgan fingerprint density at radius 2 is 1.67 bits per heavy atom. The standard InChI is InChI=1S/C23H21N3O3S/c24-23(30-16-18-9-5-2-6-10-18)26-25-14-19-11-12-21(20(13-19)22(27)28)29-15-17-7-3-1-4-8-17/h1-14H,15-16H2,(H2,24,26)(H,27,28). The Kier molecular flexibility index (Phi) is 7.63. The minimum absolute atomic E-state index is 0.0604. The highest BCUT2D eigenvalue weighted by Gasteiger charge is 2.12. The first-order valence-electron chi connectivity index (χ1n) is 9.19. The second-order valence-electron chi connectivity index (χ2n) is 6.29. The monoisotopic (exact) mass is 419 g/mol. The van der Waals surface area contributed by atoms with E-state index in [1.165, 1.54) is 24.0 Å². The lowest BCUT2D eigenvalue weighted by Crippen LogP contribution is -2.06. The lowest BCUT2D eigenvalue weighted by molar-refractivity contribution is 0.0691. The summed E-state index contributed by atoms with van der Waals surface area (Å²) in [4.78, 5) is 11.6. The molecule has 0 aliphatic carbocycles.